The highest BCUT2D eigenvalue weighted by molar-refractivity contribution is 7.99. The van der Waals surface area contributed by atoms with E-state index in [4.69, 9.17) is 0 Å². The summed E-state index contributed by atoms with van der Waals surface area (Å²) >= 11 is 1.55. The molecule has 0 bridgehead atoms. The van der Waals surface area contributed by atoms with Crippen molar-refractivity contribution in [2.24, 2.45) is 0 Å². The van der Waals surface area contributed by atoms with E-state index in [0.29, 0.717) is 18.5 Å². The minimum absolute atomic E-state index is 0.0883. The SMILES string of the molecule is O=C(Cc1cccc(C(F)(F)F)c1)NCCCSc1ccc(F)cc1. The van der Waals surface area contributed by atoms with Crippen molar-refractivity contribution in [2.75, 3.05) is 12.3 Å². The Kier molecular flexibility index (Phi) is 6.87. The number of hydrogen-bond donors (Lipinski definition) is 1. The van der Waals surface area contributed by atoms with Gasteiger partial charge in [-0.15, -0.1) is 11.8 Å². The molecule has 0 saturated heterocycles. The van der Waals surface area contributed by atoms with Crippen LogP contribution >= 0.6 is 11.8 Å². The molecule has 134 valence electrons. The van der Waals surface area contributed by atoms with Crippen LogP contribution in [0.4, 0.5) is 17.6 Å². The molecule has 0 atom stereocenters. The predicted octanol–water partition coefficient (Wildman–Crippen LogP) is 4.69. The first-order valence-corrected chi connectivity index (χ1v) is 8.64. The molecule has 2 rings (SSSR count). The predicted molar refractivity (Wildman–Crippen MR) is 89.9 cm³/mol. The van der Waals surface area contributed by atoms with Crippen LogP contribution in [0.3, 0.4) is 0 Å². The summed E-state index contributed by atoms with van der Waals surface area (Å²) in [6.07, 6.45) is -3.80. The molecular formula is C18H17F4NOS. The van der Waals surface area contributed by atoms with Crippen molar-refractivity contribution < 1.29 is 22.4 Å². The Labute approximate surface area is 147 Å². The summed E-state index contributed by atoms with van der Waals surface area (Å²) in [7, 11) is 0. The molecule has 0 fully saturated rings. The molecule has 0 aliphatic heterocycles. The fourth-order valence-corrected chi connectivity index (χ4v) is 2.98. The van der Waals surface area contributed by atoms with E-state index in [1.807, 2.05) is 0 Å². The minimum atomic E-state index is -4.41. The van der Waals surface area contributed by atoms with Crippen LogP contribution in [0, 0.1) is 5.82 Å². The lowest BCUT2D eigenvalue weighted by Gasteiger charge is -2.09. The number of alkyl halides is 3. The number of nitrogens with one attached hydrogen (secondary N) is 1. The van der Waals surface area contributed by atoms with Crippen molar-refractivity contribution in [1.82, 2.24) is 5.32 Å². The minimum Gasteiger partial charge on any atom is -0.356 e. The lowest BCUT2D eigenvalue weighted by molar-refractivity contribution is -0.137. The topological polar surface area (TPSA) is 29.1 Å². The van der Waals surface area contributed by atoms with Gasteiger partial charge in [0.05, 0.1) is 12.0 Å². The third-order valence-electron chi connectivity index (χ3n) is 3.34. The van der Waals surface area contributed by atoms with E-state index in [2.05, 4.69) is 5.32 Å². The molecule has 2 nitrogen and oxygen atoms in total. The first-order valence-electron chi connectivity index (χ1n) is 7.66. The van der Waals surface area contributed by atoms with E-state index >= 15 is 0 Å². The van der Waals surface area contributed by atoms with Gasteiger partial charge in [-0.1, -0.05) is 18.2 Å². The summed E-state index contributed by atoms with van der Waals surface area (Å²) in [5, 5.41) is 2.69. The van der Waals surface area contributed by atoms with Crippen molar-refractivity contribution in [1.29, 1.82) is 0 Å². The normalized spacial score (nSPS) is 11.4. The van der Waals surface area contributed by atoms with Gasteiger partial charge in [-0.3, -0.25) is 4.79 Å². The van der Waals surface area contributed by atoms with Gasteiger partial charge in [0.2, 0.25) is 5.91 Å². The molecule has 0 heterocycles. The Bertz CT molecular complexity index is 701. The fourth-order valence-electron chi connectivity index (χ4n) is 2.13. The van der Waals surface area contributed by atoms with Crippen LogP contribution < -0.4 is 5.32 Å². The Morgan fingerprint density at radius 3 is 2.48 bits per heavy atom. The monoisotopic (exact) mass is 371 g/mol. The quantitative estimate of drug-likeness (QED) is 0.435. The molecule has 0 spiro atoms. The van der Waals surface area contributed by atoms with Gasteiger partial charge in [0.25, 0.3) is 0 Å². The highest BCUT2D eigenvalue weighted by atomic mass is 32.2. The Morgan fingerprint density at radius 2 is 1.80 bits per heavy atom. The van der Waals surface area contributed by atoms with Gasteiger partial charge in [-0.2, -0.15) is 13.2 Å². The van der Waals surface area contributed by atoms with Gasteiger partial charge in [0.15, 0.2) is 0 Å². The maximum atomic E-state index is 12.8. The number of thioether (sulfide) groups is 1. The van der Waals surface area contributed by atoms with Gasteiger partial charge in [-0.25, -0.2) is 4.39 Å². The number of carbonyl (C=O) groups excluding carboxylic acids is 1. The van der Waals surface area contributed by atoms with Crippen molar-refractivity contribution in [3.8, 4) is 0 Å². The molecule has 2 aromatic rings. The maximum Gasteiger partial charge on any atom is 0.416 e. The van der Waals surface area contributed by atoms with E-state index < -0.39 is 11.7 Å². The number of benzene rings is 2. The number of halogens is 4. The van der Waals surface area contributed by atoms with E-state index in [9.17, 15) is 22.4 Å². The van der Waals surface area contributed by atoms with Crippen LogP contribution in [0.5, 0.6) is 0 Å². The molecule has 0 saturated carbocycles. The van der Waals surface area contributed by atoms with Gasteiger partial charge in [0, 0.05) is 11.4 Å². The average molecular weight is 371 g/mol. The molecule has 1 amide bonds. The molecule has 0 aromatic heterocycles. The second-order valence-corrected chi connectivity index (χ2v) is 6.55. The second kappa shape index (κ2) is 8.89. The van der Waals surface area contributed by atoms with Crippen LogP contribution in [0.25, 0.3) is 0 Å². The second-order valence-electron chi connectivity index (χ2n) is 5.38. The Morgan fingerprint density at radius 1 is 1.08 bits per heavy atom. The first-order chi connectivity index (χ1) is 11.8. The summed E-state index contributed by atoms with van der Waals surface area (Å²) < 4.78 is 50.7. The smallest absolute Gasteiger partial charge is 0.356 e. The number of rotatable bonds is 7. The molecule has 25 heavy (non-hydrogen) atoms. The summed E-state index contributed by atoms with van der Waals surface area (Å²) in [6, 6.07) is 10.9. The van der Waals surface area contributed by atoms with Crippen LogP contribution in [-0.2, 0) is 17.4 Å². The average Bonchev–Trinajstić information content (AvgIpc) is 2.56. The highest BCUT2D eigenvalue weighted by Gasteiger charge is 2.30. The van der Waals surface area contributed by atoms with Crippen molar-refractivity contribution in [3.63, 3.8) is 0 Å². The fraction of sp³-hybridized carbons (Fsp3) is 0.278. The molecule has 0 aliphatic carbocycles. The largest absolute Gasteiger partial charge is 0.416 e. The molecular weight excluding hydrogens is 354 g/mol. The third-order valence-corrected chi connectivity index (χ3v) is 4.44. The van der Waals surface area contributed by atoms with Crippen molar-refractivity contribution >= 4 is 17.7 Å². The third kappa shape index (κ3) is 6.78. The van der Waals surface area contributed by atoms with E-state index in [-0.39, 0.29) is 18.1 Å². The molecule has 7 heteroatoms. The van der Waals surface area contributed by atoms with Crippen LogP contribution in [-0.4, -0.2) is 18.2 Å². The van der Waals surface area contributed by atoms with Gasteiger partial charge < -0.3 is 5.32 Å². The summed E-state index contributed by atoms with van der Waals surface area (Å²) in [5.74, 6) is 0.146. The maximum absolute atomic E-state index is 12.8. The van der Waals surface area contributed by atoms with Gasteiger partial charge in [0.1, 0.15) is 5.82 Å². The van der Waals surface area contributed by atoms with Crippen molar-refractivity contribution in [2.45, 2.75) is 23.9 Å². The molecule has 0 unspecified atom stereocenters. The molecule has 0 radical (unpaired) electrons. The van der Waals surface area contributed by atoms with Gasteiger partial charge in [-0.05, 0) is 48.1 Å². The summed E-state index contributed by atoms with van der Waals surface area (Å²) in [4.78, 5) is 12.7. The summed E-state index contributed by atoms with van der Waals surface area (Å²) in [5.41, 5.74) is -0.429. The van der Waals surface area contributed by atoms with Crippen LogP contribution in [0.2, 0.25) is 0 Å². The standard InChI is InChI=1S/C18H17F4NOS/c19-15-5-7-16(8-6-15)25-10-2-9-23-17(24)12-13-3-1-4-14(11-13)18(20,21)22/h1,3-8,11H,2,9-10,12H2,(H,23,24). The molecule has 1 N–H and O–H groups in total. The van der Waals surface area contributed by atoms with E-state index in [0.717, 1.165) is 22.8 Å². The zero-order valence-electron chi connectivity index (χ0n) is 13.3. The lowest BCUT2D eigenvalue weighted by Crippen LogP contribution is -2.26. The summed E-state index contributed by atoms with van der Waals surface area (Å²) in [6.45, 7) is 0.436. The number of amides is 1. The van der Waals surface area contributed by atoms with E-state index in [1.165, 1.54) is 24.3 Å². The molecule has 0 aliphatic rings. The Hall–Kier alpha value is -2.02. The Balaban J connectivity index is 1.69. The van der Waals surface area contributed by atoms with Crippen LogP contribution in [0.15, 0.2) is 53.4 Å². The highest BCUT2D eigenvalue weighted by Crippen LogP contribution is 2.29. The van der Waals surface area contributed by atoms with Crippen LogP contribution in [0.1, 0.15) is 17.5 Å². The zero-order valence-corrected chi connectivity index (χ0v) is 14.1. The number of hydrogen-bond acceptors (Lipinski definition) is 2. The first kappa shape index (κ1) is 19.3. The number of carbonyl (C=O) groups is 1. The zero-order chi connectivity index (χ0) is 18.3. The van der Waals surface area contributed by atoms with Gasteiger partial charge >= 0.3 is 6.18 Å². The van der Waals surface area contributed by atoms with Crippen molar-refractivity contribution in [3.05, 3.63) is 65.5 Å². The van der Waals surface area contributed by atoms with E-state index in [1.54, 1.807) is 23.9 Å². The lowest BCUT2D eigenvalue weighted by atomic mass is 10.1. The molecule has 2 aromatic carbocycles.